The van der Waals surface area contributed by atoms with Gasteiger partial charge < -0.3 is 9.64 Å². The number of carbonyl (C=O) groups is 1. The lowest BCUT2D eigenvalue weighted by atomic mass is 10.1. The Bertz CT molecular complexity index is 759. The molecule has 2 aliphatic rings. The van der Waals surface area contributed by atoms with Crippen LogP contribution >= 0.6 is 23.1 Å². The number of rotatable bonds is 4. The minimum Gasteiger partial charge on any atom is -0.373 e. The van der Waals surface area contributed by atoms with Gasteiger partial charge in [0, 0.05) is 34.7 Å². The van der Waals surface area contributed by atoms with Crippen molar-refractivity contribution in [2.24, 2.45) is 0 Å². The van der Waals surface area contributed by atoms with Gasteiger partial charge in [0.05, 0.1) is 11.0 Å². The number of thiophene rings is 1. The Morgan fingerprint density at radius 1 is 1.19 bits per heavy atom. The molecule has 26 heavy (non-hydrogen) atoms. The molecule has 3 nitrogen and oxygen atoms in total. The van der Waals surface area contributed by atoms with Crippen molar-refractivity contribution in [3.63, 3.8) is 0 Å². The van der Waals surface area contributed by atoms with Gasteiger partial charge in [-0.15, -0.1) is 23.1 Å². The highest BCUT2D eigenvalue weighted by atomic mass is 32.2. The number of hydrogen-bond acceptors (Lipinski definition) is 4. The van der Waals surface area contributed by atoms with Gasteiger partial charge in [-0.3, -0.25) is 4.79 Å². The van der Waals surface area contributed by atoms with Gasteiger partial charge in [0.2, 0.25) is 0 Å². The first-order chi connectivity index (χ1) is 12.7. The van der Waals surface area contributed by atoms with Crippen LogP contribution in [0.1, 0.15) is 51.9 Å². The van der Waals surface area contributed by atoms with Crippen LogP contribution in [0.4, 0.5) is 0 Å². The van der Waals surface area contributed by atoms with Gasteiger partial charge in [0.25, 0.3) is 5.91 Å². The number of aryl methyl sites for hydroxylation is 1. The molecule has 0 spiro atoms. The monoisotopic (exact) mass is 387 g/mol. The minimum absolute atomic E-state index is 0.193. The summed E-state index contributed by atoms with van der Waals surface area (Å²) in [6, 6.07) is 12.8. The third kappa shape index (κ3) is 4.16. The van der Waals surface area contributed by atoms with Gasteiger partial charge in [-0.25, -0.2) is 0 Å². The molecular formula is C21H25NO2S2. The van der Waals surface area contributed by atoms with Crippen molar-refractivity contribution in [2.45, 2.75) is 48.9 Å². The van der Waals surface area contributed by atoms with Crippen LogP contribution < -0.4 is 0 Å². The molecule has 0 radical (unpaired) electrons. The Balaban J connectivity index is 1.32. The van der Waals surface area contributed by atoms with E-state index in [4.69, 9.17) is 4.74 Å². The average molecular weight is 388 g/mol. The maximum absolute atomic E-state index is 12.8. The van der Waals surface area contributed by atoms with Crippen LogP contribution in [0.15, 0.2) is 41.3 Å². The predicted molar refractivity (Wildman–Crippen MR) is 108 cm³/mol. The standard InChI is InChI=1S/C21H25NO2S2/c1-15-4-2-5-17(14-15)25-16-9-11-22(12-10-16)21(23)20-8-7-19(26-20)18-6-3-13-24-18/h2,4-5,7-8,14,16,18H,3,6,9-13H2,1H3/t18-/m0/s1. The molecule has 4 rings (SSSR count). The molecule has 0 bridgehead atoms. The summed E-state index contributed by atoms with van der Waals surface area (Å²) in [5, 5.41) is 0.603. The van der Waals surface area contributed by atoms with Crippen LogP contribution in [0.25, 0.3) is 0 Å². The molecule has 1 aromatic carbocycles. The van der Waals surface area contributed by atoms with Gasteiger partial charge in [0.1, 0.15) is 0 Å². The maximum atomic E-state index is 12.8. The molecule has 138 valence electrons. The molecule has 1 aromatic heterocycles. The van der Waals surface area contributed by atoms with Crippen molar-refractivity contribution in [3.8, 4) is 0 Å². The first kappa shape index (κ1) is 18.1. The molecule has 0 N–H and O–H groups in total. The number of benzene rings is 1. The van der Waals surface area contributed by atoms with Crippen LogP contribution in [0.2, 0.25) is 0 Å². The zero-order chi connectivity index (χ0) is 17.9. The zero-order valence-electron chi connectivity index (χ0n) is 15.1. The van der Waals surface area contributed by atoms with Gasteiger partial charge in [0.15, 0.2) is 0 Å². The van der Waals surface area contributed by atoms with Crippen LogP contribution in [0.5, 0.6) is 0 Å². The van der Waals surface area contributed by atoms with Crippen LogP contribution in [-0.2, 0) is 4.74 Å². The number of likely N-dealkylation sites (tertiary alicyclic amines) is 1. The van der Waals surface area contributed by atoms with Crippen LogP contribution in [0, 0.1) is 6.92 Å². The fourth-order valence-electron chi connectivity index (χ4n) is 3.66. The normalized spacial score (nSPS) is 21.3. The smallest absolute Gasteiger partial charge is 0.263 e. The van der Waals surface area contributed by atoms with Crippen molar-refractivity contribution in [1.82, 2.24) is 4.90 Å². The van der Waals surface area contributed by atoms with E-state index < -0.39 is 0 Å². The predicted octanol–water partition coefficient (Wildman–Crippen LogP) is 5.30. The Hall–Kier alpha value is -1.30. The lowest BCUT2D eigenvalue weighted by molar-refractivity contribution is 0.0732. The van der Waals surface area contributed by atoms with Gasteiger partial charge in [-0.2, -0.15) is 0 Å². The SMILES string of the molecule is Cc1cccc(SC2CCN(C(=O)c3ccc([C@@H]4CCCO4)s3)CC2)c1. The molecule has 2 aliphatic heterocycles. The third-order valence-corrected chi connectivity index (χ3v) is 7.60. The van der Waals surface area contributed by atoms with Crippen LogP contribution in [-0.4, -0.2) is 35.8 Å². The molecule has 5 heteroatoms. The first-order valence-corrected chi connectivity index (χ1v) is 11.1. The van der Waals surface area contributed by atoms with E-state index in [1.807, 2.05) is 22.7 Å². The highest BCUT2D eigenvalue weighted by Crippen LogP contribution is 2.35. The van der Waals surface area contributed by atoms with Gasteiger partial charge >= 0.3 is 0 Å². The van der Waals surface area contributed by atoms with E-state index in [-0.39, 0.29) is 12.0 Å². The Kier molecular flexibility index (Phi) is 5.67. The van der Waals surface area contributed by atoms with Crippen molar-refractivity contribution >= 4 is 29.0 Å². The van der Waals surface area contributed by atoms with Crippen molar-refractivity contribution in [3.05, 3.63) is 51.7 Å². The second-order valence-electron chi connectivity index (χ2n) is 7.13. The summed E-state index contributed by atoms with van der Waals surface area (Å²) in [6.45, 7) is 4.69. The van der Waals surface area contributed by atoms with Crippen LogP contribution in [0.3, 0.4) is 0 Å². The molecule has 1 amide bonds. The highest BCUT2D eigenvalue weighted by Gasteiger charge is 2.26. The number of ether oxygens (including phenoxy) is 1. The number of piperidine rings is 1. The van der Waals surface area contributed by atoms with Crippen molar-refractivity contribution in [2.75, 3.05) is 19.7 Å². The Morgan fingerprint density at radius 3 is 2.77 bits per heavy atom. The Labute approximate surface area is 163 Å². The summed E-state index contributed by atoms with van der Waals surface area (Å²) in [5.41, 5.74) is 1.31. The number of amides is 1. The third-order valence-electron chi connectivity index (χ3n) is 5.11. The molecule has 1 atom stereocenters. The molecule has 2 aromatic rings. The maximum Gasteiger partial charge on any atom is 0.263 e. The van der Waals surface area contributed by atoms with E-state index in [9.17, 15) is 4.79 Å². The van der Waals surface area contributed by atoms with E-state index in [1.165, 1.54) is 15.3 Å². The molecule has 2 fully saturated rings. The number of thioether (sulfide) groups is 1. The second kappa shape index (κ2) is 8.15. The highest BCUT2D eigenvalue weighted by molar-refractivity contribution is 8.00. The molecular weight excluding hydrogens is 362 g/mol. The summed E-state index contributed by atoms with van der Waals surface area (Å²) in [7, 11) is 0. The summed E-state index contributed by atoms with van der Waals surface area (Å²) >= 11 is 3.57. The minimum atomic E-state index is 0.193. The van der Waals surface area contributed by atoms with E-state index in [0.29, 0.717) is 5.25 Å². The molecule has 0 aliphatic carbocycles. The summed E-state index contributed by atoms with van der Waals surface area (Å²) in [5.74, 6) is 0.193. The summed E-state index contributed by atoms with van der Waals surface area (Å²) in [6.07, 6.45) is 4.54. The fourth-order valence-corrected chi connectivity index (χ4v) is 5.96. The summed E-state index contributed by atoms with van der Waals surface area (Å²) < 4.78 is 5.74. The topological polar surface area (TPSA) is 29.5 Å². The molecule has 0 saturated carbocycles. The number of hydrogen-bond donors (Lipinski definition) is 0. The lowest BCUT2D eigenvalue weighted by Crippen LogP contribution is -2.39. The number of carbonyl (C=O) groups excluding carboxylic acids is 1. The number of nitrogens with zero attached hydrogens (tertiary/aromatic N) is 1. The lowest BCUT2D eigenvalue weighted by Gasteiger charge is -2.31. The van der Waals surface area contributed by atoms with E-state index >= 15 is 0 Å². The van der Waals surface area contributed by atoms with Crippen molar-refractivity contribution in [1.29, 1.82) is 0 Å². The molecule has 3 heterocycles. The second-order valence-corrected chi connectivity index (χ2v) is 9.62. The van der Waals surface area contributed by atoms with Gasteiger partial charge in [-0.1, -0.05) is 17.7 Å². The average Bonchev–Trinajstić information content (AvgIpc) is 3.33. The van der Waals surface area contributed by atoms with E-state index in [1.54, 1.807) is 11.3 Å². The first-order valence-electron chi connectivity index (χ1n) is 9.43. The van der Waals surface area contributed by atoms with E-state index in [0.717, 1.165) is 50.3 Å². The fraction of sp³-hybridized carbons (Fsp3) is 0.476. The quantitative estimate of drug-likeness (QED) is 0.712. The summed E-state index contributed by atoms with van der Waals surface area (Å²) in [4.78, 5) is 18.3. The molecule has 2 saturated heterocycles. The van der Waals surface area contributed by atoms with E-state index in [2.05, 4.69) is 37.3 Å². The van der Waals surface area contributed by atoms with Gasteiger partial charge in [-0.05, 0) is 56.9 Å². The Morgan fingerprint density at radius 2 is 2.04 bits per heavy atom. The largest absolute Gasteiger partial charge is 0.373 e. The van der Waals surface area contributed by atoms with Crippen molar-refractivity contribution < 1.29 is 9.53 Å². The molecule has 0 unspecified atom stereocenters. The zero-order valence-corrected chi connectivity index (χ0v) is 16.8.